The maximum Gasteiger partial charge on any atom is 0.271 e. The lowest BCUT2D eigenvalue weighted by atomic mass is 10.2. The van der Waals surface area contributed by atoms with Gasteiger partial charge in [-0.2, -0.15) is 5.10 Å². The van der Waals surface area contributed by atoms with Gasteiger partial charge in [0.25, 0.3) is 5.91 Å². The molecule has 0 aliphatic rings. The van der Waals surface area contributed by atoms with Crippen LogP contribution in [-0.2, 0) is 4.79 Å². The molecule has 0 aliphatic carbocycles. The minimum absolute atomic E-state index is 0.153. The van der Waals surface area contributed by atoms with E-state index in [4.69, 9.17) is 0 Å². The quantitative estimate of drug-likeness (QED) is 0.503. The molecule has 0 unspecified atom stereocenters. The minimum atomic E-state index is -0.309. The second-order valence-corrected chi connectivity index (χ2v) is 5.61. The Hall–Kier alpha value is -2.60. The van der Waals surface area contributed by atoms with Crippen LogP contribution in [0.3, 0.4) is 0 Å². The van der Waals surface area contributed by atoms with Gasteiger partial charge in [0, 0.05) is 23.1 Å². The minimum Gasteiger partial charge on any atom is -0.326 e. The van der Waals surface area contributed by atoms with E-state index in [0.29, 0.717) is 11.3 Å². The van der Waals surface area contributed by atoms with Crippen molar-refractivity contribution in [1.29, 1.82) is 0 Å². The largest absolute Gasteiger partial charge is 0.326 e. The van der Waals surface area contributed by atoms with Gasteiger partial charge in [0.15, 0.2) is 0 Å². The summed E-state index contributed by atoms with van der Waals surface area (Å²) in [4.78, 5) is 24.1. The lowest BCUT2D eigenvalue weighted by Gasteiger charge is -2.03. The number of hydrogen-bond donors (Lipinski definition) is 2. The van der Waals surface area contributed by atoms with Crippen LogP contribution in [0.4, 0.5) is 5.69 Å². The van der Waals surface area contributed by atoms with E-state index in [9.17, 15) is 9.59 Å². The lowest BCUT2D eigenvalue weighted by molar-refractivity contribution is -0.114. The van der Waals surface area contributed by atoms with E-state index in [1.807, 2.05) is 30.5 Å². The second-order valence-electron chi connectivity index (χ2n) is 4.73. The summed E-state index contributed by atoms with van der Waals surface area (Å²) < 4.78 is 0. The van der Waals surface area contributed by atoms with Crippen LogP contribution in [0, 0.1) is 0 Å². The standard InChI is InChI=1S/C17H17N3O2S/c1-12(21)19-15-7-5-14(6-8-15)17(22)20-18-11-13-3-9-16(23-2)10-4-13/h3-11H,1-2H3,(H,19,21)(H,20,22)/b18-11+. The van der Waals surface area contributed by atoms with E-state index < -0.39 is 0 Å². The Labute approximate surface area is 139 Å². The average Bonchev–Trinajstić information content (AvgIpc) is 2.55. The highest BCUT2D eigenvalue weighted by Gasteiger charge is 2.04. The van der Waals surface area contributed by atoms with Gasteiger partial charge in [0.2, 0.25) is 5.91 Å². The predicted octanol–water partition coefficient (Wildman–Crippen LogP) is 3.13. The van der Waals surface area contributed by atoms with E-state index in [0.717, 1.165) is 5.56 Å². The molecule has 0 fully saturated rings. The van der Waals surface area contributed by atoms with Gasteiger partial charge in [-0.1, -0.05) is 12.1 Å². The summed E-state index contributed by atoms with van der Waals surface area (Å²) >= 11 is 1.67. The van der Waals surface area contributed by atoms with Gasteiger partial charge in [-0.05, 0) is 48.2 Å². The van der Waals surface area contributed by atoms with Crippen molar-refractivity contribution >= 4 is 35.5 Å². The van der Waals surface area contributed by atoms with Gasteiger partial charge in [0.05, 0.1) is 6.21 Å². The zero-order valence-corrected chi connectivity index (χ0v) is 13.7. The van der Waals surface area contributed by atoms with E-state index in [1.54, 1.807) is 42.2 Å². The number of thioether (sulfide) groups is 1. The SMILES string of the molecule is CSc1ccc(/C=N/NC(=O)c2ccc(NC(C)=O)cc2)cc1. The van der Waals surface area contributed by atoms with Crippen molar-refractivity contribution < 1.29 is 9.59 Å². The van der Waals surface area contributed by atoms with Gasteiger partial charge < -0.3 is 5.32 Å². The molecule has 0 radical (unpaired) electrons. The first-order valence-electron chi connectivity index (χ1n) is 6.93. The highest BCUT2D eigenvalue weighted by atomic mass is 32.2. The topological polar surface area (TPSA) is 70.6 Å². The number of carbonyl (C=O) groups is 2. The Bertz CT molecular complexity index is 710. The van der Waals surface area contributed by atoms with Crippen LogP contribution in [-0.4, -0.2) is 24.3 Å². The number of rotatable bonds is 5. The van der Waals surface area contributed by atoms with Crippen molar-refractivity contribution in [2.24, 2.45) is 5.10 Å². The van der Waals surface area contributed by atoms with Crippen molar-refractivity contribution in [3.8, 4) is 0 Å². The van der Waals surface area contributed by atoms with Crippen LogP contribution in [0.25, 0.3) is 0 Å². The Balaban J connectivity index is 1.93. The Morgan fingerprint density at radius 1 is 1.04 bits per heavy atom. The molecule has 2 aromatic carbocycles. The van der Waals surface area contributed by atoms with Crippen molar-refractivity contribution in [2.75, 3.05) is 11.6 Å². The lowest BCUT2D eigenvalue weighted by Crippen LogP contribution is -2.17. The molecule has 2 rings (SSSR count). The molecular weight excluding hydrogens is 310 g/mol. The molecule has 0 atom stereocenters. The number of amides is 2. The molecule has 0 aliphatic heterocycles. The van der Waals surface area contributed by atoms with E-state index in [-0.39, 0.29) is 11.8 Å². The summed E-state index contributed by atoms with van der Waals surface area (Å²) in [5.41, 5.74) is 4.49. The summed E-state index contributed by atoms with van der Waals surface area (Å²) in [6.45, 7) is 1.43. The summed E-state index contributed by atoms with van der Waals surface area (Å²) in [5, 5.41) is 6.59. The van der Waals surface area contributed by atoms with E-state index in [2.05, 4.69) is 15.8 Å². The van der Waals surface area contributed by atoms with Crippen molar-refractivity contribution in [3.63, 3.8) is 0 Å². The highest BCUT2D eigenvalue weighted by Crippen LogP contribution is 2.14. The molecule has 23 heavy (non-hydrogen) atoms. The number of carbonyl (C=O) groups excluding carboxylic acids is 2. The van der Waals surface area contributed by atoms with Crippen molar-refractivity contribution in [2.45, 2.75) is 11.8 Å². The Kier molecular flexibility index (Phi) is 5.94. The fourth-order valence-electron chi connectivity index (χ4n) is 1.83. The van der Waals surface area contributed by atoms with Crippen LogP contribution in [0.1, 0.15) is 22.8 Å². The van der Waals surface area contributed by atoms with Crippen LogP contribution < -0.4 is 10.7 Å². The number of hydrogen-bond acceptors (Lipinski definition) is 4. The smallest absolute Gasteiger partial charge is 0.271 e. The third-order valence-corrected chi connectivity index (χ3v) is 3.71. The van der Waals surface area contributed by atoms with Gasteiger partial charge in [-0.25, -0.2) is 5.43 Å². The van der Waals surface area contributed by atoms with Gasteiger partial charge >= 0.3 is 0 Å². The van der Waals surface area contributed by atoms with Gasteiger partial charge in [-0.15, -0.1) is 11.8 Å². The summed E-state index contributed by atoms with van der Waals surface area (Å²) in [7, 11) is 0. The summed E-state index contributed by atoms with van der Waals surface area (Å²) in [5.74, 6) is -0.462. The molecule has 118 valence electrons. The van der Waals surface area contributed by atoms with E-state index in [1.165, 1.54) is 11.8 Å². The highest BCUT2D eigenvalue weighted by molar-refractivity contribution is 7.98. The third-order valence-electron chi connectivity index (χ3n) is 2.96. The number of benzene rings is 2. The molecule has 0 saturated carbocycles. The van der Waals surface area contributed by atoms with Crippen LogP contribution in [0.5, 0.6) is 0 Å². The molecule has 0 spiro atoms. The first-order valence-corrected chi connectivity index (χ1v) is 8.16. The molecule has 0 saturated heterocycles. The van der Waals surface area contributed by atoms with Gasteiger partial charge in [-0.3, -0.25) is 9.59 Å². The second kappa shape index (κ2) is 8.14. The first-order chi connectivity index (χ1) is 11.1. The molecule has 2 amide bonds. The number of nitrogens with one attached hydrogen (secondary N) is 2. The molecule has 0 heterocycles. The summed E-state index contributed by atoms with van der Waals surface area (Å²) in [6, 6.07) is 14.5. The molecule has 2 N–H and O–H groups in total. The fraction of sp³-hybridized carbons (Fsp3) is 0.118. The fourth-order valence-corrected chi connectivity index (χ4v) is 2.24. The maximum atomic E-state index is 12.0. The predicted molar refractivity (Wildman–Crippen MR) is 94.0 cm³/mol. The van der Waals surface area contributed by atoms with Gasteiger partial charge in [0.1, 0.15) is 0 Å². The van der Waals surface area contributed by atoms with E-state index >= 15 is 0 Å². The molecule has 0 bridgehead atoms. The Morgan fingerprint density at radius 2 is 1.70 bits per heavy atom. The van der Waals surface area contributed by atoms with Crippen LogP contribution in [0.2, 0.25) is 0 Å². The molecule has 6 heteroatoms. The van der Waals surface area contributed by atoms with Crippen LogP contribution in [0.15, 0.2) is 58.5 Å². The zero-order valence-electron chi connectivity index (χ0n) is 12.9. The first kappa shape index (κ1) is 16.8. The van der Waals surface area contributed by atoms with Crippen LogP contribution >= 0.6 is 11.8 Å². The van der Waals surface area contributed by atoms with Crippen molar-refractivity contribution in [3.05, 3.63) is 59.7 Å². The van der Waals surface area contributed by atoms with Crippen molar-refractivity contribution in [1.82, 2.24) is 5.43 Å². The zero-order chi connectivity index (χ0) is 16.7. The maximum absolute atomic E-state index is 12.0. The number of nitrogens with zero attached hydrogens (tertiary/aromatic N) is 1. The molecule has 5 nitrogen and oxygen atoms in total. The molecule has 2 aromatic rings. The number of hydrazone groups is 1. The monoisotopic (exact) mass is 327 g/mol. The third kappa shape index (κ3) is 5.27. The molecular formula is C17H17N3O2S. The Morgan fingerprint density at radius 3 is 2.26 bits per heavy atom. The summed E-state index contributed by atoms with van der Waals surface area (Å²) in [6.07, 6.45) is 3.61. The molecule has 0 aromatic heterocycles. The number of anilines is 1. The normalized spacial score (nSPS) is 10.5. The average molecular weight is 327 g/mol.